The molecule has 2 aromatic carbocycles. The summed E-state index contributed by atoms with van der Waals surface area (Å²) in [5, 5.41) is 18.9. The van der Waals surface area contributed by atoms with Crippen molar-refractivity contribution in [2.75, 3.05) is 26.8 Å². The largest absolute Gasteiger partial charge is 0.496 e. The molecule has 1 unspecified atom stereocenters. The molecule has 0 spiro atoms. The van der Waals surface area contributed by atoms with E-state index in [9.17, 15) is 23.9 Å². The highest BCUT2D eigenvalue weighted by atomic mass is 19.1. The first-order valence-corrected chi connectivity index (χ1v) is 12.4. The van der Waals surface area contributed by atoms with Crippen molar-refractivity contribution in [3.05, 3.63) is 65.1 Å². The zero-order chi connectivity index (χ0) is 26.5. The van der Waals surface area contributed by atoms with Gasteiger partial charge in [0, 0.05) is 42.7 Å². The highest BCUT2D eigenvalue weighted by molar-refractivity contribution is 6.45. The smallest absolute Gasteiger partial charge is 0.257 e. The highest BCUT2D eigenvalue weighted by Crippen LogP contribution is 2.31. The van der Waals surface area contributed by atoms with Crippen molar-refractivity contribution >= 4 is 28.4 Å². The van der Waals surface area contributed by atoms with E-state index in [4.69, 9.17) is 9.84 Å². The number of nitrogens with one attached hydrogen (secondary N) is 1. The number of piperidine rings is 1. The van der Waals surface area contributed by atoms with Crippen LogP contribution in [0.1, 0.15) is 52.0 Å². The average molecular weight is 511 g/mol. The Kier molecular flexibility index (Phi) is 8.35. The number of nitrogens with zero attached hydrogens (tertiary/aromatic N) is 1. The third kappa shape index (κ3) is 6.06. The Morgan fingerprint density at radius 3 is 2.49 bits per heavy atom. The summed E-state index contributed by atoms with van der Waals surface area (Å²) in [6, 6.07) is 9.73. The van der Waals surface area contributed by atoms with Crippen molar-refractivity contribution in [3.63, 3.8) is 0 Å². The molecule has 3 aromatic rings. The van der Waals surface area contributed by atoms with Gasteiger partial charge in [-0.3, -0.25) is 14.4 Å². The predicted octanol–water partition coefficient (Wildman–Crippen LogP) is 3.30. The molecule has 196 valence electrons. The molecule has 1 aliphatic heterocycles. The number of fused-ring (bicyclic) bond motifs is 1. The zero-order valence-corrected chi connectivity index (χ0v) is 20.7. The van der Waals surface area contributed by atoms with E-state index >= 15 is 0 Å². The predicted molar refractivity (Wildman–Crippen MR) is 135 cm³/mol. The monoisotopic (exact) mass is 510 g/mol. The van der Waals surface area contributed by atoms with Crippen LogP contribution < -0.4 is 4.74 Å². The van der Waals surface area contributed by atoms with Gasteiger partial charge in [-0.05, 0) is 55.4 Å². The van der Waals surface area contributed by atoms with Crippen LogP contribution in [-0.4, -0.2) is 70.5 Å². The molecule has 0 bridgehead atoms. The molecular formula is C28H31FN2O6. The van der Waals surface area contributed by atoms with Crippen molar-refractivity contribution in [3.8, 4) is 5.75 Å². The van der Waals surface area contributed by atoms with Gasteiger partial charge in [-0.25, -0.2) is 4.39 Å². The number of hydrogen-bond donors (Lipinski definition) is 3. The molecule has 9 heteroatoms. The number of aliphatic hydroxyl groups excluding tert-OH is 2. The van der Waals surface area contributed by atoms with Crippen LogP contribution in [0.25, 0.3) is 10.9 Å². The second-order valence-electron chi connectivity index (χ2n) is 9.49. The number of Topliss-reactive ketones (excluding diaryl/α,β-unsaturated/α-hetero) is 2. The molecule has 2 heterocycles. The van der Waals surface area contributed by atoms with E-state index in [1.54, 1.807) is 29.2 Å². The lowest BCUT2D eigenvalue weighted by molar-refractivity contribution is -0.115. The number of rotatable bonds is 10. The molecule has 37 heavy (non-hydrogen) atoms. The topological polar surface area (TPSA) is 120 Å². The number of hydrogen-bond acceptors (Lipinski definition) is 6. The lowest BCUT2D eigenvalue weighted by Crippen LogP contribution is -2.39. The fourth-order valence-corrected chi connectivity index (χ4v) is 4.79. The van der Waals surface area contributed by atoms with E-state index in [2.05, 4.69) is 4.98 Å². The average Bonchev–Trinajstić information content (AvgIpc) is 3.34. The van der Waals surface area contributed by atoms with Gasteiger partial charge in [0.15, 0.2) is 0 Å². The van der Waals surface area contributed by atoms with Gasteiger partial charge >= 0.3 is 0 Å². The minimum atomic E-state index is -1.06. The normalized spacial score (nSPS) is 15.1. The lowest BCUT2D eigenvalue weighted by Gasteiger charge is -2.32. The quantitative estimate of drug-likeness (QED) is 0.284. The van der Waals surface area contributed by atoms with Gasteiger partial charge in [-0.15, -0.1) is 0 Å². The van der Waals surface area contributed by atoms with Crippen molar-refractivity contribution in [1.29, 1.82) is 0 Å². The fraction of sp³-hybridized carbons (Fsp3) is 0.393. The highest BCUT2D eigenvalue weighted by Gasteiger charge is 2.28. The van der Waals surface area contributed by atoms with Gasteiger partial charge in [0.25, 0.3) is 5.91 Å². The zero-order valence-electron chi connectivity index (χ0n) is 20.7. The molecule has 1 aromatic heterocycles. The Morgan fingerprint density at radius 2 is 1.84 bits per heavy atom. The summed E-state index contributed by atoms with van der Waals surface area (Å²) in [4.78, 5) is 43.4. The van der Waals surface area contributed by atoms with Gasteiger partial charge in [-0.1, -0.05) is 12.1 Å². The first kappa shape index (κ1) is 26.5. The van der Waals surface area contributed by atoms with E-state index in [1.807, 2.05) is 0 Å². The van der Waals surface area contributed by atoms with Gasteiger partial charge in [0.05, 0.1) is 30.9 Å². The molecule has 3 N–H and O–H groups in total. The number of aromatic amines is 1. The third-order valence-corrected chi connectivity index (χ3v) is 6.98. The SMILES string of the molecule is COc1cc2[nH]cc(C(=O)C(=O)CCC(O)CO)c2cc1C(=O)N1CCC(Cc2ccc(F)cc2)CC1. The first-order chi connectivity index (χ1) is 17.8. The number of carbonyl (C=O) groups excluding carboxylic acids is 3. The Balaban J connectivity index is 1.48. The summed E-state index contributed by atoms with van der Waals surface area (Å²) in [5.41, 5.74) is 2.08. The van der Waals surface area contributed by atoms with Crippen LogP contribution in [0.2, 0.25) is 0 Å². The number of methoxy groups -OCH3 is 1. The number of ether oxygens (including phenoxy) is 1. The number of aliphatic hydroxyl groups is 2. The molecule has 1 amide bonds. The Morgan fingerprint density at radius 1 is 1.14 bits per heavy atom. The van der Waals surface area contributed by atoms with Gasteiger partial charge < -0.3 is 24.8 Å². The first-order valence-electron chi connectivity index (χ1n) is 12.4. The van der Waals surface area contributed by atoms with Crippen molar-refractivity contribution in [2.24, 2.45) is 5.92 Å². The summed E-state index contributed by atoms with van der Waals surface area (Å²) in [6.07, 6.45) is 2.62. The third-order valence-electron chi connectivity index (χ3n) is 6.98. The van der Waals surface area contributed by atoms with Gasteiger partial charge in [0.2, 0.25) is 11.6 Å². The van der Waals surface area contributed by atoms with E-state index < -0.39 is 24.3 Å². The molecule has 1 atom stereocenters. The number of likely N-dealkylation sites (tertiary alicyclic amines) is 1. The maximum Gasteiger partial charge on any atom is 0.257 e. The molecule has 8 nitrogen and oxygen atoms in total. The van der Waals surface area contributed by atoms with Gasteiger partial charge in [0.1, 0.15) is 11.6 Å². The van der Waals surface area contributed by atoms with Crippen molar-refractivity contribution in [2.45, 2.75) is 38.2 Å². The van der Waals surface area contributed by atoms with Crippen LogP contribution in [-0.2, 0) is 11.2 Å². The number of carbonyl (C=O) groups is 3. The van der Waals surface area contributed by atoms with E-state index in [0.717, 1.165) is 24.8 Å². The maximum atomic E-state index is 13.5. The van der Waals surface area contributed by atoms with Crippen LogP contribution in [0.4, 0.5) is 4.39 Å². The lowest BCUT2D eigenvalue weighted by atomic mass is 9.90. The standard InChI is InChI=1S/C28H31FN2O6/c1-37-26-14-24-21(23(15-30-24)27(35)25(34)7-6-20(33)16-32)13-22(26)28(36)31-10-8-18(9-11-31)12-17-2-4-19(29)5-3-17/h2-5,13-15,18,20,30,32-33H,6-12,16H2,1H3. The summed E-state index contributed by atoms with van der Waals surface area (Å²) in [5.74, 6) is -1.11. The molecule has 0 aliphatic carbocycles. The molecular weight excluding hydrogens is 479 g/mol. The van der Waals surface area contributed by atoms with Crippen LogP contribution in [0, 0.1) is 11.7 Å². The van der Waals surface area contributed by atoms with Crippen LogP contribution in [0.15, 0.2) is 42.6 Å². The molecule has 1 aliphatic rings. The molecule has 4 rings (SSSR count). The minimum Gasteiger partial charge on any atom is -0.496 e. The molecule has 1 fully saturated rings. The number of aromatic nitrogens is 1. The summed E-state index contributed by atoms with van der Waals surface area (Å²) >= 11 is 0. The number of amides is 1. The van der Waals surface area contributed by atoms with Crippen LogP contribution >= 0.6 is 0 Å². The molecule has 0 radical (unpaired) electrons. The number of halogens is 1. The number of benzene rings is 2. The Hall–Kier alpha value is -3.56. The fourth-order valence-electron chi connectivity index (χ4n) is 4.79. The van der Waals surface area contributed by atoms with E-state index in [0.29, 0.717) is 41.2 Å². The van der Waals surface area contributed by atoms with Crippen LogP contribution in [0.5, 0.6) is 5.75 Å². The van der Waals surface area contributed by atoms with Gasteiger partial charge in [-0.2, -0.15) is 0 Å². The summed E-state index contributed by atoms with van der Waals surface area (Å²) in [7, 11) is 1.47. The van der Waals surface area contributed by atoms with Crippen molar-refractivity contribution < 1.29 is 33.7 Å². The maximum absolute atomic E-state index is 13.5. The minimum absolute atomic E-state index is 0.0158. The summed E-state index contributed by atoms with van der Waals surface area (Å²) < 4.78 is 18.6. The number of H-pyrrole nitrogens is 1. The Labute approximate surface area is 214 Å². The molecule has 0 saturated carbocycles. The molecule has 1 saturated heterocycles. The Bertz CT molecular complexity index is 1280. The van der Waals surface area contributed by atoms with E-state index in [-0.39, 0.29) is 30.1 Å². The number of ketones is 2. The second-order valence-corrected chi connectivity index (χ2v) is 9.49. The van der Waals surface area contributed by atoms with Crippen molar-refractivity contribution in [1.82, 2.24) is 9.88 Å². The van der Waals surface area contributed by atoms with E-state index in [1.165, 1.54) is 25.4 Å². The van der Waals surface area contributed by atoms with Crippen LogP contribution in [0.3, 0.4) is 0 Å². The summed E-state index contributed by atoms with van der Waals surface area (Å²) in [6.45, 7) is 0.649. The second kappa shape index (κ2) is 11.7.